The number of amides is 1. The summed E-state index contributed by atoms with van der Waals surface area (Å²) in [6.45, 7) is 15.8. The predicted molar refractivity (Wildman–Crippen MR) is 86.1 cm³/mol. The van der Waals surface area contributed by atoms with Gasteiger partial charge in [0, 0.05) is 18.6 Å². The Morgan fingerprint density at radius 2 is 1.95 bits per heavy atom. The summed E-state index contributed by atoms with van der Waals surface area (Å²) >= 11 is 0. The third-order valence-electron chi connectivity index (χ3n) is 4.33. The zero-order valence-electron chi connectivity index (χ0n) is 13.7. The topological polar surface area (TPSA) is 72.6 Å². The first kappa shape index (κ1) is 19.3. The fourth-order valence-corrected chi connectivity index (χ4v) is 3.39. The highest BCUT2D eigenvalue weighted by Crippen LogP contribution is 2.39. The molecule has 1 unspecified atom stereocenters. The van der Waals surface area contributed by atoms with Gasteiger partial charge in [-0.25, -0.2) is 0 Å². The number of rotatable bonds is 9. The molecule has 0 aromatic rings. The zero-order valence-corrected chi connectivity index (χ0v) is 14.7. The Labute approximate surface area is 124 Å². The van der Waals surface area contributed by atoms with E-state index in [9.17, 15) is 9.90 Å². The number of ether oxygens (including phenoxy) is 1. The van der Waals surface area contributed by atoms with Gasteiger partial charge in [0.2, 0.25) is 5.91 Å². The molecule has 0 saturated heterocycles. The maximum atomic E-state index is 10.8. The van der Waals surface area contributed by atoms with Gasteiger partial charge in [-0.05, 0) is 17.9 Å². The highest BCUT2D eigenvalue weighted by molar-refractivity contribution is 6.80. The van der Waals surface area contributed by atoms with Gasteiger partial charge in [0.15, 0.2) is 6.29 Å². The Hall–Kier alpha value is -0.653. The largest absolute Gasteiger partial charge is 0.368 e. The first-order valence-electron chi connectivity index (χ1n) is 7.24. The Kier molecular flexibility index (Phi) is 7.69. The SMILES string of the molecule is C=C(CCC(O)OCCC[Si](C)(C)C(C)(C)C)C(N)=O. The third-order valence-corrected chi connectivity index (χ3v) is 9.99. The second-order valence-corrected chi connectivity index (χ2v) is 12.8. The summed E-state index contributed by atoms with van der Waals surface area (Å²) < 4.78 is 5.36. The average molecular weight is 302 g/mol. The minimum Gasteiger partial charge on any atom is -0.368 e. The first-order chi connectivity index (χ1) is 8.97. The summed E-state index contributed by atoms with van der Waals surface area (Å²) in [4.78, 5) is 10.8. The van der Waals surface area contributed by atoms with Gasteiger partial charge in [-0.3, -0.25) is 4.79 Å². The highest BCUT2D eigenvalue weighted by Gasteiger charge is 2.34. The van der Waals surface area contributed by atoms with Crippen LogP contribution in [0, 0.1) is 0 Å². The molecule has 1 atom stereocenters. The van der Waals surface area contributed by atoms with Crippen molar-refractivity contribution < 1.29 is 14.6 Å². The van der Waals surface area contributed by atoms with Crippen molar-refractivity contribution in [2.24, 2.45) is 5.73 Å². The molecule has 0 bridgehead atoms. The van der Waals surface area contributed by atoms with E-state index >= 15 is 0 Å². The monoisotopic (exact) mass is 301 g/mol. The van der Waals surface area contributed by atoms with E-state index in [0.717, 1.165) is 6.42 Å². The molecule has 0 radical (unpaired) electrons. The molecule has 0 aromatic heterocycles. The molecule has 20 heavy (non-hydrogen) atoms. The smallest absolute Gasteiger partial charge is 0.244 e. The van der Waals surface area contributed by atoms with Gasteiger partial charge in [0.05, 0.1) is 8.07 Å². The standard InChI is InChI=1S/C15H31NO3Si/c1-12(14(16)18)8-9-13(17)19-10-7-11-20(5,6)15(2,3)4/h13,17H,1,7-11H2,2-6H3,(H2,16,18). The lowest BCUT2D eigenvalue weighted by Crippen LogP contribution is -2.37. The molecular formula is C15H31NO3Si. The number of hydrogen-bond donors (Lipinski definition) is 2. The third kappa shape index (κ3) is 7.22. The molecule has 0 aliphatic heterocycles. The van der Waals surface area contributed by atoms with E-state index in [1.807, 2.05) is 0 Å². The molecule has 0 aliphatic rings. The summed E-state index contributed by atoms with van der Waals surface area (Å²) in [5.74, 6) is -0.518. The number of nitrogens with two attached hydrogens (primary N) is 1. The molecule has 118 valence electrons. The van der Waals surface area contributed by atoms with Crippen LogP contribution in [-0.4, -0.2) is 32.0 Å². The van der Waals surface area contributed by atoms with Gasteiger partial charge >= 0.3 is 0 Å². The maximum Gasteiger partial charge on any atom is 0.244 e. The van der Waals surface area contributed by atoms with E-state index in [2.05, 4.69) is 40.4 Å². The zero-order chi connectivity index (χ0) is 16.0. The van der Waals surface area contributed by atoms with Crippen LogP contribution in [0.4, 0.5) is 0 Å². The van der Waals surface area contributed by atoms with Crippen LogP contribution >= 0.6 is 0 Å². The Morgan fingerprint density at radius 3 is 2.40 bits per heavy atom. The van der Waals surface area contributed by atoms with E-state index in [-0.39, 0.29) is 0 Å². The lowest BCUT2D eigenvalue weighted by Gasteiger charge is -2.37. The predicted octanol–water partition coefficient (Wildman–Crippen LogP) is 3.04. The van der Waals surface area contributed by atoms with E-state index in [1.54, 1.807) is 0 Å². The number of hydrogen-bond acceptors (Lipinski definition) is 3. The van der Waals surface area contributed by atoms with E-state index in [1.165, 1.54) is 6.04 Å². The molecule has 3 N–H and O–H groups in total. The maximum absolute atomic E-state index is 10.8. The summed E-state index contributed by atoms with van der Waals surface area (Å²) in [6, 6.07) is 1.18. The van der Waals surface area contributed by atoms with Crippen LogP contribution in [0.2, 0.25) is 24.2 Å². The molecule has 1 amide bonds. The molecule has 0 heterocycles. The Balaban J connectivity index is 3.86. The van der Waals surface area contributed by atoms with Gasteiger partial charge in [0.25, 0.3) is 0 Å². The van der Waals surface area contributed by atoms with Crippen molar-refractivity contribution in [3.8, 4) is 0 Å². The molecule has 5 heteroatoms. The fourth-order valence-electron chi connectivity index (χ4n) is 1.61. The van der Waals surface area contributed by atoms with Crippen molar-refractivity contribution >= 4 is 14.0 Å². The van der Waals surface area contributed by atoms with Crippen molar-refractivity contribution in [1.82, 2.24) is 0 Å². The number of aliphatic hydroxyl groups excluding tert-OH is 1. The Bertz CT molecular complexity index is 335. The van der Waals surface area contributed by atoms with E-state index in [4.69, 9.17) is 10.5 Å². The number of carbonyl (C=O) groups excluding carboxylic acids is 1. The van der Waals surface area contributed by atoms with Gasteiger partial charge < -0.3 is 15.6 Å². The Morgan fingerprint density at radius 1 is 1.40 bits per heavy atom. The van der Waals surface area contributed by atoms with Crippen LogP contribution in [0.15, 0.2) is 12.2 Å². The summed E-state index contributed by atoms with van der Waals surface area (Å²) in [5, 5.41) is 10.0. The van der Waals surface area contributed by atoms with Crippen molar-refractivity contribution in [2.45, 2.75) is 70.5 Å². The van der Waals surface area contributed by atoms with Gasteiger partial charge in [-0.15, -0.1) is 0 Å². The molecular weight excluding hydrogens is 270 g/mol. The van der Waals surface area contributed by atoms with Crippen LogP contribution < -0.4 is 5.73 Å². The van der Waals surface area contributed by atoms with Gasteiger partial charge in [-0.2, -0.15) is 0 Å². The molecule has 0 aromatic carbocycles. The van der Waals surface area contributed by atoms with E-state index < -0.39 is 20.3 Å². The van der Waals surface area contributed by atoms with Crippen LogP contribution in [0.5, 0.6) is 0 Å². The minimum absolute atomic E-state index is 0.328. The molecule has 0 rings (SSSR count). The molecule has 0 aliphatic carbocycles. The van der Waals surface area contributed by atoms with Crippen molar-refractivity contribution in [1.29, 1.82) is 0 Å². The van der Waals surface area contributed by atoms with Gasteiger partial charge in [0.1, 0.15) is 0 Å². The number of aliphatic hydroxyl groups is 1. The summed E-state index contributed by atoms with van der Waals surface area (Å²) in [7, 11) is -1.27. The lowest BCUT2D eigenvalue weighted by atomic mass is 10.1. The first-order valence-corrected chi connectivity index (χ1v) is 10.5. The molecule has 4 nitrogen and oxygen atoms in total. The highest BCUT2D eigenvalue weighted by atomic mass is 28.3. The fraction of sp³-hybridized carbons (Fsp3) is 0.800. The summed E-state index contributed by atoms with van der Waals surface area (Å²) in [5.41, 5.74) is 5.40. The lowest BCUT2D eigenvalue weighted by molar-refractivity contribution is -0.115. The number of primary amides is 1. The normalized spacial score (nSPS) is 14.1. The van der Waals surface area contributed by atoms with Crippen molar-refractivity contribution in [2.75, 3.05) is 6.61 Å². The number of carbonyl (C=O) groups is 1. The van der Waals surface area contributed by atoms with Crippen molar-refractivity contribution in [3.63, 3.8) is 0 Å². The second-order valence-electron chi connectivity index (χ2n) is 7.07. The molecule has 0 fully saturated rings. The van der Waals surface area contributed by atoms with Crippen molar-refractivity contribution in [3.05, 3.63) is 12.2 Å². The van der Waals surface area contributed by atoms with Crippen LogP contribution in [-0.2, 0) is 9.53 Å². The van der Waals surface area contributed by atoms with Crippen LogP contribution in [0.1, 0.15) is 40.0 Å². The quantitative estimate of drug-likeness (QED) is 0.297. The molecule has 0 saturated carbocycles. The molecule has 0 spiro atoms. The van der Waals surface area contributed by atoms with E-state index in [0.29, 0.717) is 30.1 Å². The minimum atomic E-state index is -1.27. The van der Waals surface area contributed by atoms with Crippen LogP contribution in [0.25, 0.3) is 0 Å². The summed E-state index contributed by atoms with van der Waals surface area (Å²) in [6.07, 6.45) is 0.857. The van der Waals surface area contributed by atoms with Crippen LogP contribution in [0.3, 0.4) is 0 Å². The second kappa shape index (κ2) is 7.95. The van der Waals surface area contributed by atoms with Gasteiger partial charge in [-0.1, -0.05) is 46.5 Å². The average Bonchev–Trinajstić information content (AvgIpc) is 2.30.